The molecule has 17 heavy (non-hydrogen) atoms. The number of hydrogen-bond donors (Lipinski definition) is 1. The maximum Gasteiger partial charge on any atom is 0.0470 e. The van der Waals surface area contributed by atoms with Crippen LogP contribution in [0.25, 0.3) is 10.9 Å². The van der Waals surface area contributed by atoms with E-state index < -0.39 is 0 Å². The van der Waals surface area contributed by atoms with Crippen LogP contribution >= 0.6 is 15.9 Å². The molecule has 0 atom stereocenters. The number of hydrogen-bond acceptors (Lipinski definition) is 1. The molecular weight excluding hydrogens is 276 g/mol. The summed E-state index contributed by atoms with van der Waals surface area (Å²) < 4.78 is 1.23. The minimum atomic E-state index is 0.753. The molecule has 4 heterocycles. The highest BCUT2D eigenvalue weighted by molar-refractivity contribution is 9.10. The molecule has 2 bridgehead atoms. The van der Waals surface area contributed by atoms with E-state index in [4.69, 9.17) is 0 Å². The minimum absolute atomic E-state index is 0.753. The molecule has 3 heteroatoms. The number of piperidine rings is 1. The fraction of sp³-hybridized carbons (Fsp3) is 0.429. The fourth-order valence-corrected chi connectivity index (χ4v) is 4.01. The average molecular weight is 291 g/mol. The molecular formula is C14H15BrN2. The number of aromatic nitrogens is 1. The van der Waals surface area contributed by atoms with E-state index in [-0.39, 0.29) is 0 Å². The van der Waals surface area contributed by atoms with Gasteiger partial charge in [0.25, 0.3) is 0 Å². The minimum Gasteiger partial charge on any atom is -0.358 e. The Morgan fingerprint density at radius 1 is 1.24 bits per heavy atom. The Bertz CT molecular complexity index is 579. The first-order valence-corrected chi connectivity index (χ1v) is 7.13. The zero-order valence-electron chi connectivity index (χ0n) is 9.67. The first kappa shape index (κ1) is 10.2. The second-order valence-electron chi connectivity index (χ2n) is 5.23. The Morgan fingerprint density at radius 2 is 2.06 bits per heavy atom. The summed E-state index contributed by atoms with van der Waals surface area (Å²) in [4.78, 5) is 6.26. The lowest BCUT2D eigenvalue weighted by molar-refractivity contribution is 0.220. The van der Waals surface area contributed by atoms with Gasteiger partial charge < -0.3 is 4.98 Å². The van der Waals surface area contributed by atoms with Crippen molar-refractivity contribution in [3.05, 3.63) is 33.9 Å². The molecule has 88 valence electrons. The molecule has 1 N–H and O–H groups in total. The number of aromatic amines is 1. The Hall–Kier alpha value is -0.800. The van der Waals surface area contributed by atoms with Gasteiger partial charge in [0.15, 0.2) is 0 Å². The van der Waals surface area contributed by atoms with Gasteiger partial charge in [-0.3, -0.25) is 4.90 Å². The van der Waals surface area contributed by atoms with Crippen molar-refractivity contribution in [2.24, 2.45) is 0 Å². The van der Waals surface area contributed by atoms with Crippen LogP contribution in [-0.2, 0) is 6.54 Å². The summed E-state index contributed by atoms with van der Waals surface area (Å²) in [5, 5.41) is 1.40. The van der Waals surface area contributed by atoms with Gasteiger partial charge in [-0.1, -0.05) is 22.0 Å². The van der Waals surface area contributed by atoms with Gasteiger partial charge in [0.2, 0.25) is 0 Å². The number of rotatable bonds is 0. The van der Waals surface area contributed by atoms with Crippen molar-refractivity contribution < 1.29 is 0 Å². The van der Waals surface area contributed by atoms with Crippen LogP contribution in [0.15, 0.2) is 22.7 Å². The van der Waals surface area contributed by atoms with Crippen LogP contribution in [0.3, 0.4) is 0 Å². The summed E-state index contributed by atoms with van der Waals surface area (Å²) in [6.45, 7) is 3.65. The van der Waals surface area contributed by atoms with Crippen LogP contribution < -0.4 is 0 Å². The average Bonchev–Trinajstić information content (AvgIpc) is 2.53. The first-order valence-electron chi connectivity index (χ1n) is 6.34. The van der Waals surface area contributed by atoms with Gasteiger partial charge in [-0.15, -0.1) is 0 Å². The molecule has 3 aliphatic heterocycles. The summed E-state index contributed by atoms with van der Waals surface area (Å²) in [5.74, 6) is 0.753. The number of benzene rings is 1. The third-order valence-corrected chi connectivity index (χ3v) is 4.95. The molecule has 0 spiro atoms. The summed E-state index contributed by atoms with van der Waals surface area (Å²) in [7, 11) is 0. The second-order valence-corrected chi connectivity index (χ2v) is 6.08. The number of fused-ring (bicyclic) bond motifs is 3. The maximum atomic E-state index is 3.70. The van der Waals surface area contributed by atoms with Gasteiger partial charge in [0.1, 0.15) is 0 Å². The third kappa shape index (κ3) is 1.42. The predicted octanol–water partition coefficient (Wildman–Crippen LogP) is 3.62. The monoisotopic (exact) mass is 290 g/mol. The van der Waals surface area contributed by atoms with Gasteiger partial charge >= 0.3 is 0 Å². The van der Waals surface area contributed by atoms with Crippen molar-refractivity contribution in [1.29, 1.82) is 0 Å². The molecule has 1 saturated heterocycles. The Labute approximate surface area is 109 Å². The van der Waals surface area contributed by atoms with Crippen molar-refractivity contribution in [2.45, 2.75) is 25.3 Å². The van der Waals surface area contributed by atoms with E-state index in [9.17, 15) is 0 Å². The smallest absolute Gasteiger partial charge is 0.0470 e. The Balaban J connectivity index is 2.03. The molecule has 1 aromatic heterocycles. The number of nitrogens with zero attached hydrogens (tertiary/aromatic N) is 1. The maximum absolute atomic E-state index is 3.70. The zero-order valence-corrected chi connectivity index (χ0v) is 11.3. The highest BCUT2D eigenvalue weighted by Gasteiger charge is 2.30. The van der Waals surface area contributed by atoms with E-state index in [0.29, 0.717) is 0 Å². The second kappa shape index (κ2) is 3.59. The van der Waals surface area contributed by atoms with Gasteiger partial charge in [-0.2, -0.15) is 0 Å². The van der Waals surface area contributed by atoms with Crippen LogP contribution in [0, 0.1) is 0 Å². The molecule has 1 aromatic carbocycles. The zero-order chi connectivity index (χ0) is 11.4. The molecule has 2 nitrogen and oxygen atoms in total. The molecule has 1 fully saturated rings. The van der Waals surface area contributed by atoms with Crippen LogP contribution in [0.4, 0.5) is 0 Å². The van der Waals surface area contributed by atoms with Gasteiger partial charge in [0.05, 0.1) is 0 Å². The van der Waals surface area contributed by atoms with Crippen molar-refractivity contribution in [2.75, 3.05) is 13.1 Å². The summed E-state index contributed by atoms with van der Waals surface area (Å²) >= 11 is 3.70. The highest BCUT2D eigenvalue weighted by atomic mass is 79.9. The van der Waals surface area contributed by atoms with Crippen molar-refractivity contribution in [1.82, 2.24) is 9.88 Å². The molecule has 0 saturated carbocycles. The molecule has 5 rings (SSSR count). The van der Waals surface area contributed by atoms with Gasteiger partial charge in [-0.05, 0) is 43.6 Å². The number of nitrogens with one attached hydrogen (secondary N) is 1. The van der Waals surface area contributed by atoms with Crippen LogP contribution in [0.5, 0.6) is 0 Å². The fourth-order valence-electron chi connectivity index (χ4n) is 3.41. The molecule has 3 aliphatic rings. The largest absolute Gasteiger partial charge is 0.358 e. The topological polar surface area (TPSA) is 19.0 Å². The van der Waals surface area contributed by atoms with Gasteiger partial charge in [0, 0.05) is 33.5 Å². The van der Waals surface area contributed by atoms with Crippen molar-refractivity contribution in [3.63, 3.8) is 0 Å². The third-order valence-electron chi connectivity index (χ3n) is 4.29. The van der Waals surface area contributed by atoms with Crippen molar-refractivity contribution >= 4 is 26.8 Å². The van der Waals surface area contributed by atoms with E-state index in [1.165, 1.54) is 52.6 Å². The SMILES string of the molecule is Brc1cccc2[nH]c3c(c12)CN1CCC3CC1. The molecule has 0 amide bonds. The Kier molecular flexibility index (Phi) is 2.15. The van der Waals surface area contributed by atoms with Crippen LogP contribution in [0.1, 0.15) is 30.0 Å². The standard InChI is InChI=1S/C14H15BrN2/c15-11-2-1-3-12-13(11)10-8-17-6-4-9(5-7-17)14(10)16-12/h1-3,9,16H,4-8H2. The lowest BCUT2D eigenvalue weighted by Crippen LogP contribution is -2.29. The Morgan fingerprint density at radius 3 is 2.88 bits per heavy atom. The quantitative estimate of drug-likeness (QED) is 0.785. The lowest BCUT2D eigenvalue weighted by atomic mass is 9.94. The number of halogens is 1. The van der Waals surface area contributed by atoms with Gasteiger partial charge in [-0.25, -0.2) is 0 Å². The predicted molar refractivity (Wildman–Crippen MR) is 73.3 cm³/mol. The van der Waals surface area contributed by atoms with Crippen molar-refractivity contribution in [3.8, 4) is 0 Å². The summed E-state index contributed by atoms with van der Waals surface area (Å²) in [6.07, 6.45) is 2.63. The van der Waals surface area contributed by atoms with E-state index in [1.807, 2.05) is 0 Å². The number of H-pyrrole nitrogens is 1. The lowest BCUT2D eigenvalue weighted by Gasteiger charge is -2.26. The van der Waals surface area contributed by atoms with E-state index >= 15 is 0 Å². The molecule has 2 aromatic rings. The van der Waals surface area contributed by atoms with Crippen LogP contribution in [0.2, 0.25) is 0 Å². The molecule has 0 aliphatic carbocycles. The van der Waals surface area contributed by atoms with E-state index in [0.717, 1.165) is 12.5 Å². The summed E-state index contributed by atoms with van der Waals surface area (Å²) in [6, 6.07) is 6.46. The first-order chi connectivity index (χ1) is 8.33. The normalized spacial score (nSPS) is 27.1. The highest BCUT2D eigenvalue weighted by Crippen LogP contribution is 2.40. The molecule has 0 unspecified atom stereocenters. The van der Waals surface area contributed by atoms with E-state index in [2.05, 4.69) is 44.0 Å². The van der Waals surface area contributed by atoms with E-state index in [1.54, 1.807) is 0 Å². The molecule has 0 radical (unpaired) electrons. The van der Waals surface area contributed by atoms with Crippen LogP contribution in [-0.4, -0.2) is 23.0 Å². The summed E-state index contributed by atoms with van der Waals surface area (Å²) in [5.41, 5.74) is 4.33.